The normalized spacial score (nSPS) is 14.9. The summed E-state index contributed by atoms with van der Waals surface area (Å²) < 4.78 is 13.6. The molecule has 1 amide bonds. The number of rotatable bonds is 9. The standard InChI is InChI=1S/C33H31N3O3S2/c1-22-9-6-10-23(17-22)19-35-20-31(24-11-4-5-13-27(24)35)41-21-32(37)36-28(18-26(34-36)30-15-8-16-40-30)25-12-7-14-29(38-2)33(25)39-3/h4-17,20,28H,18-19,21H2,1-3H3/t28-/m0/s1. The van der Waals surface area contributed by atoms with Crippen molar-refractivity contribution in [2.45, 2.75) is 30.8 Å². The van der Waals surface area contributed by atoms with Gasteiger partial charge in [-0.05, 0) is 36.1 Å². The Labute approximate surface area is 248 Å². The summed E-state index contributed by atoms with van der Waals surface area (Å²) in [6.45, 7) is 2.89. The Morgan fingerprint density at radius 2 is 1.88 bits per heavy atom. The number of ether oxygens (including phenoxy) is 2. The van der Waals surface area contributed by atoms with Crippen LogP contribution in [0.5, 0.6) is 11.5 Å². The van der Waals surface area contributed by atoms with Crippen molar-refractivity contribution in [3.63, 3.8) is 0 Å². The number of fused-ring (bicyclic) bond motifs is 1. The van der Waals surface area contributed by atoms with Gasteiger partial charge in [0.1, 0.15) is 0 Å². The molecular formula is C33H31N3O3S2. The summed E-state index contributed by atoms with van der Waals surface area (Å²) in [5, 5.41) is 9.68. The number of thiophene rings is 1. The molecule has 41 heavy (non-hydrogen) atoms. The molecule has 0 saturated carbocycles. The van der Waals surface area contributed by atoms with Crippen LogP contribution in [0.1, 0.15) is 34.0 Å². The minimum Gasteiger partial charge on any atom is -0.493 e. The predicted octanol–water partition coefficient (Wildman–Crippen LogP) is 7.55. The Kier molecular flexibility index (Phi) is 7.85. The van der Waals surface area contributed by atoms with Crippen molar-refractivity contribution in [2.24, 2.45) is 5.10 Å². The van der Waals surface area contributed by atoms with E-state index < -0.39 is 0 Å². The monoisotopic (exact) mass is 581 g/mol. The molecule has 2 aromatic heterocycles. The smallest absolute Gasteiger partial charge is 0.253 e. The largest absolute Gasteiger partial charge is 0.493 e. The summed E-state index contributed by atoms with van der Waals surface area (Å²) in [5.41, 5.74) is 5.44. The third-order valence-corrected chi connectivity index (χ3v) is 9.25. The lowest BCUT2D eigenvalue weighted by atomic mass is 9.99. The number of carbonyl (C=O) groups excluding carboxylic acids is 1. The van der Waals surface area contributed by atoms with E-state index in [1.54, 1.807) is 42.3 Å². The van der Waals surface area contributed by atoms with Crippen molar-refractivity contribution in [1.29, 1.82) is 0 Å². The number of methoxy groups -OCH3 is 2. The van der Waals surface area contributed by atoms with Gasteiger partial charge in [0.2, 0.25) is 0 Å². The topological polar surface area (TPSA) is 56.1 Å². The van der Waals surface area contributed by atoms with E-state index in [2.05, 4.69) is 66.2 Å². The molecule has 6 nitrogen and oxygen atoms in total. The molecule has 0 fully saturated rings. The van der Waals surface area contributed by atoms with Crippen molar-refractivity contribution < 1.29 is 14.3 Å². The number of benzene rings is 3. The van der Waals surface area contributed by atoms with Gasteiger partial charge in [-0.3, -0.25) is 4.79 Å². The highest BCUT2D eigenvalue weighted by molar-refractivity contribution is 8.00. The van der Waals surface area contributed by atoms with Crippen molar-refractivity contribution >= 4 is 45.6 Å². The molecule has 1 aliphatic rings. The molecule has 0 aliphatic carbocycles. The van der Waals surface area contributed by atoms with E-state index >= 15 is 0 Å². The van der Waals surface area contributed by atoms with Crippen LogP contribution in [-0.4, -0.2) is 41.2 Å². The zero-order valence-corrected chi connectivity index (χ0v) is 24.9. The van der Waals surface area contributed by atoms with Crippen LogP contribution in [0.3, 0.4) is 0 Å². The Morgan fingerprint density at radius 1 is 1.02 bits per heavy atom. The average molecular weight is 582 g/mol. The van der Waals surface area contributed by atoms with Crippen LogP contribution >= 0.6 is 23.1 Å². The first-order valence-corrected chi connectivity index (χ1v) is 15.3. The van der Waals surface area contributed by atoms with Crippen molar-refractivity contribution in [2.75, 3.05) is 20.0 Å². The molecule has 1 atom stereocenters. The first kappa shape index (κ1) is 27.2. The maximum Gasteiger partial charge on any atom is 0.253 e. The summed E-state index contributed by atoms with van der Waals surface area (Å²) in [6.07, 6.45) is 2.77. The van der Waals surface area contributed by atoms with E-state index in [0.29, 0.717) is 17.9 Å². The van der Waals surface area contributed by atoms with Crippen LogP contribution in [0.4, 0.5) is 0 Å². The van der Waals surface area contributed by atoms with Gasteiger partial charge < -0.3 is 14.0 Å². The molecule has 0 radical (unpaired) electrons. The number of nitrogens with zero attached hydrogens (tertiary/aromatic N) is 3. The molecule has 0 unspecified atom stereocenters. The van der Waals surface area contributed by atoms with Gasteiger partial charge in [-0.2, -0.15) is 5.10 Å². The van der Waals surface area contributed by atoms with E-state index in [-0.39, 0.29) is 17.7 Å². The molecule has 8 heteroatoms. The van der Waals surface area contributed by atoms with Gasteiger partial charge in [0, 0.05) is 40.5 Å². The van der Waals surface area contributed by atoms with Gasteiger partial charge in [0.05, 0.1) is 36.6 Å². The highest BCUT2D eigenvalue weighted by Crippen LogP contribution is 2.42. The lowest BCUT2D eigenvalue weighted by molar-refractivity contribution is -0.130. The number of aryl methyl sites for hydroxylation is 1. The predicted molar refractivity (Wildman–Crippen MR) is 168 cm³/mol. The van der Waals surface area contributed by atoms with Gasteiger partial charge in [-0.1, -0.05) is 66.2 Å². The van der Waals surface area contributed by atoms with Crippen molar-refractivity contribution in [3.8, 4) is 11.5 Å². The SMILES string of the molecule is COc1cccc([C@@H]2CC(c3cccs3)=NN2C(=O)CSc2cn(Cc3cccc(C)c3)c3ccccc23)c1OC. The fourth-order valence-electron chi connectivity index (χ4n) is 5.42. The number of carbonyl (C=O) groups is 1. The van der Waals surface area contributed by atoms with E-state index in [0.717, 1.165) is 38.5 Å². The lowest BCUT2D eigenvalue weighted by Gasteiger charge is -2.24. The van der Waals surface area contributed by atoms with E-state index in [1.165, 1.54) is 11.1 Å². The molecule has 0 bridgehead atoms. The summed E-state index contributed by atoms with van der Waals surface area (Å²) in [4.78, 5) is 16.0. The summed E-state index contributed by atoms with van der Waals surface area (Å²) >= 11 is 3.19. The van der Waals surface area contributed by atoms with E-state index in [1.807, 2.05) is 35.7 Å². The maximum absolute atomic E-state index is 13.9. The van der Waals surface area contributed by atoms with Gasteiger partial charge in [0.25, 0.3) is 5.91 Å². The average Bonchev–Trinajstić information content (AvgIpc) is 3.75. The molecule has 5 aromatic rings. The summed E-state index contributed by atoms with van der Waals surface area (Å²) in [5.74, 6) is 1.49. The van der Waals surface area contributed by atoms with Crippen LogP contribution in [0.2, 0.25) is 0 Å². The number of hydrazone groups is 1. The van der Waals surface area contributed by atoms with Gasteiger partial charge in [-0.15, -0.1) is 23.1 Å². The van der Waals surface area contributed by atoms with Crippen LogP contribution in [-0.2, 0) is 11.3 Å². The second-order valence-corrected chi connectivity index (χ2v) is 11.9. The fraction of sp³-hybridized carbons (Fsp3) is 0.212. The van der Waals surface area contributed by atoms with Crippen LogP contribution < -0.4 is 9.47 Å². The molecule has 208 valence electrons. The Bertz CT molecular complexity index is 1730. The third-order valence-electron chi connectivity index (χ3n) is 7.30. The molecule has 1 aliphatic heterocycles. The number of thioether (sulfide) groups is 1. The fourth-order valence-corrected chi connectivity index (χ4v) is 7.08. The lowest BCUT2D eigenvalue weighted by Crippen LogP contribution is -2.28. The maximum atomic E-state index is 13.9. The van der Waals surface area contributed by atoms with Crippen molar-refractivity contribution in [3.05, 3.63) is 112 Å². The number of hydrogen-bond donors (Lipinski definition) is 0. The minimum atomic E-state index is -0.284. The van der Waals surface area contributed by atoms with Crippen LogP contribution in [0.15, 0.2) is 100 Å². The Hall–Kier alpha value is -4.01. The van der Waals surface area contributed by atoms with Gasteiger partial charge in [0.15, 0.2) is 11.5 Å². The first-order chi connectivity index (χ1) is 20.1. The highest BCUT2D eigenvalue weighted by atomic mass is 32.2. The van der Waals surface area contributed by atoms with Gasteiger partial charge in [-0.25, -0.2) is 5.01 Å². The Balaban J connectivity index is 1.28. The first-order valence-electron chi connectivity index (χ1n) is 13.5. The highest BCUT2D eigenvalue weighted by Gasteiger charge is 2.36. The Morgan fingerprint density at radius 3 is 2.66 bits per heavy atom. The van der Waals surface area contributed by atoms with E-state index in [4.69, 9.17) is 14.6 Å². The second-order valence-electron chi connectivity index (χ2n) is 9.98. The minimum absolute atomic E-state index is 0.0491. The molecule has 3 aromatic carbocycles. The second kappa shape index (κ2) is 11.8. The van der Waals surface area contributed by atoms with Crippen LogP contribution in [0, 0.1) is 6.92 Å². The number of hydrogen-bond acceptors (Lipinski definition) is 6. The summed E-state index contributed by atoms with van der Waals surface area (Å²) in [6, 6.07) is 26.5. The van der Waals surface area contributed by atoms with Gasteiger partial charge >= 0.3 is 0 Å². The number of aromatic nitrogens is 1. The van der Waals surface area contributed by atoms with Crippen LogP contribution in [0.25, 0.3) is 10.9 Å². The molecular weight excluding hydrogens is 551 g/mol. The number of amides is 1. The molecule has 0 saturated heterocycles. The molecule has 3 heterocycles. The third kappa shape index (κ3) is 5.49. The van der Waals surface area contributed by atoms with E-state index in [9.17, 15) is 4.79 Å². The molecule has 0 spiro atoms. The molecule has 6 rings (SSSR count). The zero-order valence-electron chi connectivity index (χ0n) is 23.2. The van der Waals surface area contributed by atoms with Crippen molar-refractivity contribution in [1.82, 2.24) is 9.58 Å². The quantitative estimate of drug-likeness (QED) is 0.169. The zero-order chi connectivity index (χ0) is 28.3. The molecule has 0 N–H and O–H groups in total. The summed E-state index contributed by atoms with van der Waals surface area (Å²) in [7, 11) is 3.25. The number of para-hydroxylation sites is 2.